The number of nitrogens with two attached hydrogens (primary N) is 1. The van der Waals surface area contributed by atoms with E-state index in [0.717, 1.165) is 16.8 Å². The first-order valence-electron chi connectivity index (χ1n) is 7.11. The molecule has 102 valence electrons. The summed E-state index contributed by atoms with van der Waals surface area (Å²) in [6, 6.07) is 6.45. The number of rotatable bonds is 2. The number of nitrogen functional groups attached to an aromatic ring is 1. The van der Waals surface area contributed by atoms with Gasteiger partial charge in [-0.2, -0.15) is 0 Å². The first-order chi connectivity index (χ1) is 9.29. The molecule has 0 atom stereocenters. The van der Waals surface area contributed by atoms with E-state index in [1.807, 2.05) is 18.2 Å². The molecule has 1 aromatic carbocycles. The average Bonchev–Trinajstić information content (AvgIpc) is 2.61. The quantitative estimate of drug-likeness (QED) is 0.839. The van der Waals surface area contributed by atoms with E-state index < -0.39 is 0 Å². The number of anilines is 1. The van der Waals surface area contributed by atoms with Gasteiger partial charge in [0.1, 0.15) is 5.75 Å². The molecule has 0 aliphatic heterocycles. The normalized spacial score (nSPS) is 17.5. The van der Waals surface area contributed by atoms with Crippen molar-refractivity contribution >= 4 is 17.0 Å². The molecule has 1 saturated carbocycles. The fourth-order valence-corrected chi connectivity index (χ4v) is 3.12. The number of hydrogen-bond donors (Lipinski definition) is 1. The van der Waals surface area contributed by atoms with Gasteiger partial charge in [-0.25, -0.2) is 4.98 Å². The summed E-state index contributed by atoms with van der Waals surface area (Å²) in [5, 5.41) is 0. The molecule has 0 amide bonds. The topological polar surface area (TPSA) is 53.1 Å². The molecular weight excluding hydrogens is 238 g/mol. The molecule has 2 N–H and O–H groups in total. The number of methoxy groups -OCH3 is 1. The lowest BCUT2D eigenvalue weighted by atomic mass is 10.1. The lowest BCUT2D eigenvalue weighted by molar-refractivity contribution is 0.414. The summed E-state index contributed by atoms with van der Waals surface area (Å²) in [5.41, 5.74) is 8.20. The van der Waals surface area contributed by atoms with Crippen LogP contribution >= 0.6 is 0 Å². The van der Waals surface area contributed by atoms with Crippen LogP contribution in [0.25, 0.3) is 11.0 Å². The molecule has 1 aliphatic rings. The van der Waals surface area contributed by atoms with Crippen molar-refractivity contribution in [3.05, 3.63) is 18.2 Å². The molecular formula is C15H21N3O. The summed E-state index contributed by atoms with van der Waals surface area (Å²) in [7, 11) is 1.69. The van der Waals surface area contributed by atoms with Gasteiger partial charge in [0.25, 0.3) is 0 Å². The van der Waals surface area contributed by atoms with E-state index in [-0.39, 0.29) is 0 Å². The Morgan fingerprint density at radius 1 is 1.21 bits per heavy atom. The minimum absolute atomic E-state index is 0.486. The van der Waals surface area contributed by atoms with E-state index in [2.05, 4.69) is 9.55 Å². The monoisotopic (exact) mass is 259 g/mol. The van der Waals surface area contributed by atoms with Crippen LogP contribution in [0.2, 0.25) is 0 Å². The maximum Gasteiger partial charge on any atom is 0.201 e. The fraction of sp³-hybridized carbons (Fsp3) is 0.533. The summed E-state index contributed by atoms with van der Waals surface area (Å²) in [6.45, 7) is 0. The molecule has 1 aromatic heterocycles. The van der Waals surface area contributed by atoms with Crippen LogP contribution in [0.1, 0.15) is 44.6 Å². The molecule has 0 radical (unpaired) electrons. The third-order valence-corrected chi connectivity index (χ3v) is 4.11. The van der Waals surface area contributed by atoms with Gasteiger partial charge in [0.2, 0.25) is 5.95 Å². The number of nitrogens with zero attached hydrogens (tertiary/aromatic N) is 2. The van der Waals surface area contributed by atoms with Crippen LogP contribution in [-0.2, 0) is 0 Å². The summed E-state index contributed by atoms with van der Waals surface area (Å²) in [5.74, 6) is 1.50. The molecule has 1 aliphatic carbocycles. The second-order valence-electron chi connectivity index (χ2n) is 5.34. The van der Waals surface area contributed by atoms with E-state index in [0.29, 0.717) is 12.0 Å². The maximum atomic E-state index is 6.14. The predicted octanol–water partition coefficient (Wildman–Crippen LogP) is 3.52. The van der Waals surface area contributed by atoms with Crippen molar-refractivity contribution in [2.45, 2.75) is 44.6 Å². The van der Waals surface area contributed by atoms with E-state index in [4.69, 9.17) is 10.5 Å². The molecule has 1 heterocycles. The van der Waals surface area contributed by atoms with Crippen LogP contribution in [0.15, 0.2) is 18.2 Å². The molecule has 2 aromatic rings. The van der Waals surface area contributed by atoms with E-state index in [1.165, 1.54) is 38.5 Å². The minimum atomic E-state index is 0.486. The molecule has 4 nitrogen and oxygen atoms in total. The Labute approximate surface area is 113 Å². The first kappa shape index (κ1) is 12.3. The molecule has 19 heavy (non-hydrogen) atoms. The number of aromatic nitrogens is 2. The smallest absolute Gasteiger partial charge is 0.201 e. The second kappa shape index (κ2) is 5.11. The maximum absolute atomic E-state index is 6.14. The van der Waals surface area contributed by atoms with Crippen molar-refractivity contribution in [2.24, 2.45) is 0 Å². The van der Waals surface area contributed by atoms with Gasteiger partial charge >= 0.3 is 0 Å². The zero-order valence-corrected chi connectivity index (χ0v) is 11.4. The molecule has 4 heteroatoms. The van der Waals surface area contributed by atoms with E-state index in [9.17, 15) is 0 Å². The Hall–Kier alpha value is -1.71. The highest BCUT2D eigenvalue weighted by molar-refractivity contribution is 5.80. The Morgan fingerprint density at radius 2 is 1.95 bits per heavy atom. The van der Waals surface area contributed by atoms with Gasteiger partial charge in [0.05, 0.1) is 18.1 Å². The third kappa shape index (κ3) is 2.27. The van der Waals surface area contributed by atoms with Crippen LogP contribution in [0.5, 0.6) is 5.75 Å². The second-order valence-corrected chi connectivity index (χ2v) is 5.34. The third-order valence-electron chi connectivity index (χ3n) is 4.11. The van der Waals surface area contributed by atoms with Crippen molar-refractivity contribution in [2.75, 3.05) is 12.8 Å². The van der Waals surface area contributed by atoms with Crippen LogP contribution in [0, 0.1) is 0 Å². The molecule has 0 unspecified atom stereocenters. The van der Waals surface area contributed by atoms with Crippen LogP contribution in [0.4, 0.5) is 5.95 Å². The largest absolute Gasteiger partial charge is 0.497 e. The standard InChI is InChI=1S/C15H21N3O/c1-19-12-8-9-13-14(10-12)18(15(16)17-13)11-6-4-2-3-5-7-11/h8-11H,2-7H2,1H3,(H2,16,17). The Morgan fingerprint density at radius 3 is 2.63 bits per heavy atom. The summed E-state index contributed by atoms with van der Waals surface area (Å²) >= 11 is 0. The van der Waals surface area contributed by atoms with Crippen LogP contribution in [-0.4, -0.2) is 16.7 Å². The highest BCUT2D eigenvalue weighted by Crippen LogP contribution is 2.33. The number of benzene rings is 1. The van der Waals surface area contributed by atoms with Crippen molar-refractivity contribution < 1.29 is 4.74 Å². The van der Waals surface area contributed by atoms with Crippen molar-refractivity contribution in [3.8, 4) is 5.75 Å². The van der Waals surface area contributed by atoms with Crippen LogP contribution < -0.4 is 10.5 Å². The number of ether oxygens (including phenoxy) is 1. The van der Waals surface area contributed by atoms with Crippen molar-refractivity contribution in [3.63, 3.8) is 0 Å². The minimum Gasteiger partial charge on any atom is -0.497 e. The van der Waals surface area contributed by atoms with Gasteiger partial charge in [-0.3, -0.25) is 0 Å². The summed E-state index contributed by atoms with van der Waals surface area (Å²) in [6.07, 6.45) is 7.65. The lowest BCUT2D eigenvalue weighted by Gasteiger charge is -2.18. The molecule has 0 bridgehead atoms. The zero-order valence-electron chi connectivity index (χ0n) is 11.4. The van der Waals surface area contributed by atoms with Crippen LogP contribution in [0.3, 0.4) is 0 Å². The Bertz CT molecular complexity index is 568. The predicted molar refractivity (Wildman–Crippen MR) is 77.4 cm³/mol. The zero-order chi connectivity index (χ0) is 13.2. The highest BCUT2D eigenvalue weighted by atomic mass is 16.5. The molecule has 0 spiro atoms. The van der Waals surface area contributed by atoms with Crippen molar-refractivity contribution in [1.82, 2.24) is 9.55 Å². The van der Waals surface area contributed by atoms with Gasteiger partial charge in [0.15, 0.2) is 0 Å². The molecule has 0 saturated heterocycles. The fourth-order valence-electron chi connectivity index (χ4n) is 3.12. The number of imidazole rings is 1. The Kier molecular flexibility index (Phi) is 3.32. The van der Waals surface area contributed by atoms with Gasteiger partial charge in [-0.05, 0) is 25.0 Å². The Balaban J connectivity index is 2.07. The average molecular weight is 259 g/mol. The van der Waals surface area contributed by atoms with E-state index in [1.54, 1.807) is 7.11 Å². The summed E-state index contributed by atoms with van der Waals surface area (Å²) < 4.78 is 7.53. The highest BCUT2D eigenvalue weighted by Gasteiger charge is 2.19. The van der Waals surface area contributed by atoms with Gasteiger partial charge in [-0.1, -0.05) is 25.7 Å². The van der Waals surface area contributed by atoms with Crippen molar-refractivity contribution in [1.29, 1.82) is 0 Å². The van der Waals surface area contributed by atoms with Gasteiger partial charge in [0, 0.05) is 12.1 Å². The SMILES string of the molecule is COc1ccc2nc(N)n(C3CCCCCC3)c2c1. The van der Waals surface area contributed by atoms with Gasteiger partial charge in [-0.15, -0.1) is 0 Å². The van der Waals surface area contributed by atoms with E-state index >= 15 is 0 Å². The lowest BCUT2D eigenvalue weighted by Crippen LogP contribution is -2.11. The molecule has 1 fully saturated rings. The first-order valence-corrected chi connectivity index (χ1v) is 7.11. The molecule has 3 rings (SSSR count). The summed E-state index contributed by atoms with van der Waals surface area (Å²) in [4.78, 5) is 4.48. The van der Waals surface area contributed by atoms with Gasteiger partial charge < -0.3 is 15.0 Å². The number of fused-ring (bicyclic) bond motifs is 1. The number of hydrogen-bond acceptors (Lipinski definition) is 3.